The van der Waals surface area contributed by atoms with E-state index in [0.717, 1.165) is 0 Å². The summed E-state index contributed by atoms with van der Waals surface area (Å²) in [6.45, 7) is 4.16. The Labute approximate surface area is 116 Å². The summed E-state index contributed by atoms with van der Waals surface area (Å²) >= 11 is 0. The molecule has 0 radical (unpaired) electrons. The lowest BCUT2D eigenvalue weighted by Gasteiger charge is -2.19. The fourth-order valence-corrected chi connectivity index (χ4v) is 1.09. The van der Waals surface area contributed by atoms with Crippen molar-refractivity contribution in [2.75, 3.05) is 13.2 Å². The summed E-state index contributed by atoms with van der Waals surface area (Å²) in [6.07, 6.45) is -1.69. The third-order valence-electron chi connectivity index (χ3n) is 1.82. The predicted octanol–water partition coefficient (Wildman–Crippen LogP) is 0.488. The maximum atomic E-state index is 11.2. The Bertz CT molecular complexity index is 384. The van der Waals surface area contributed by atoms with Crippen LogP contribution in [0.2, 0.25) is 0 Å². The van der Waals surface area contributed by atoms with Crippen molar-refractivity contribution in [3.63, 3.8) is 0 Å². The van der Waals surface area contributed by atoms with Gasteiger partial charge in [-0.2, -0.15) is 0 Å². The molecule has 0 aliphatic carbocycles. The molecule has 0 rings (SSSR count). The third kappa shape index (κ3) is 11.0. The van der Waals surface area contributed by atoms with Crippen LogP contribution < -0.4 is 5.32 Å². The van der Waals surface area contributed by atoms with E-state index in [9.17, 15) is 19.2 Å². The van der Waals surface area contributed by atoms with E-state index in [4.69, 9.17) is 9.84 Å². The molecule has 0 aliphatic heterocycles. The van der Waals surface area contributed by atoms with Crippen LogP contribution in [0.25, 0.3) is 0 Å². The SMILES string of the molecule is CC(C)(C)OC(=O)COC(=O)CCC(=O)CNC(=O)O. The van der Waals surface area contributed by atoms with Crippen LogP contribution >= 0.6 is 0 Å². The fourth-order valence-electron chi connectivity index (χ4n) is 1.09. The van der Waals surface area contributed by atoms with Crippen molar-refractivity contribution in [1.29, 1.82) is 0 Å². The summed E-state index contributed by atoms with van der Waals surface area (Å²) in [5.41, 5.74) is -0.665. The number of Topliss-reactive ketones (excluding diaryl/α,β-unsaturated/α-hetero) is 1. The van der Waals surface area contributed by atoms with Gasteiger partial charge in [0.25, 0.3) is 0 Å². The van der Waals surface area contributed by atoms with Crippen molar-refractivity contribution in [2.24, 2.45) is 0 Å². The smallest absolute Gasteiger partial charge is 0.405 e. The maximum Gasteiger partial charge on any atom is 0.405 e. The van der Waals surface area contributed by atoms with Gasteiger partial charge in [-0.25, -0.2) is 9.59 Å². The highest BCUT2D eigenvalue weighted by Gasteiger charge is 2.18. The summed E-state index contributed by atoms with van der Waals surface area (Å²) in [7, 11) is 0. The molecule has 20 heavy (non-hydrogen) atoms. The van der Waals surface area contributed by atoms with Crippen molar-refractivity contribution >= 4 is 23.8 Å². The van der Waals surface area contributed by atoms with Gasteiger partial charge in [-0.15, -0.1) is 0 Å². The first-order valence-electron chi connectivity index (χ1n) is 5.96. The van der Waals surface area contributed by atoms with E-state index in [1.807, 2.05) is 5.32 Å². The first-order chi connectivity index (χ1) is 9.10. The van der Waals surface area contributed by atoms with Crippen LogP contribution in [0.15, 0.2) is 0 Å². The van der Waals surface area contributed by atoms with Crippen LogP contribution in [-0.2, 0) is 23.9 Å². The second kappa shape index (κ2) is 8.13. The van der Waals surface area contributed by atoms with E-state index < -0.39 is 36.0 Å². The number of amides is 1. The van der Waals surface area contributed by atoms with Gasteiger partial charge in [0.05, 0.1) is 13.0 Å². The van der Waals surface area contributed by atoms with E-state index in [1.165, 1.54) is 0 Å². The van der Waals surface area contributed by atoms with E-state index in [-0.39, 0.29) is 19.4 Å². The number of carboxylic acid groups (broad SMARTS) is 1. The highest BCUT2D eigenvalue weighted by molar-refractivity contribution is 5.86. The molecular formula is C12H19NO7. The van der Waals surface area contributed by atoms with E-state index in [1.54, 1.807) is 20.8 Å². The lowest BCUT2D eigenvalue weighted by molar-refractivity contribution is -0.166. The highest BCUT2D eigenvalue weighted by Crippen LogP contribution is 2.07. The summed E-state index contributed by atoms with van der Waals surface area (Å²) in [6, 6.07) is 0. The lowest BCUT2D eigenvalue weighted by Crippen LogP contribution is -2.29. The molecule has 1 amide bonds. The molecule has 0 saturated heterocycles. The molecule has 0 aromatic rings. The van der Waals surface area contributed by atoms with Crippen LogP contribution in [0.4, 0.5) is 4.79 Å². The Morgan fingerprint density at radius 3 is 2.15 bits per heavy atom. The van der Waals surface area contributed by atoms with Crippen LogP contribution in [0.5, 0.6) is 0 Å². The summed E-state index contributed by atoms with van der Waals surface area (Å²) in [4.78, 5) is 43.8. The molecule has 0 unspecified atom stereocenters. The Morgan fingerprint density at radius 1 is 1.05 bits per heavy atom. The van der Waals surface area contributed by atoms with Gasteiger partial charge in [-0.3, -0.25) is 9.59 Å². The number of carbonyl (C=O) groups is 4. The molecule has 0 heterocycles. The van der Waals surface area contributed by atoms with Gasteiger partial charge >= 0.3 is 18.0 Å². The normalized spacial score (nSPS) is 10.6. The van der Waals surface area contributed by atoms with Crippen molar-refractivity contribution in [2.45, 2.75) is 39.2 Å². The molecular weight excluding hydrogens is 270 g/mol. The molecule has 8 heteroatoms. The number of carbonyl (C=O) groups excluding carboxylic acids is 3. The predicted molar refractivity (Wildman–Crippen MR) is 67.1 cm³/mol. The van der Waals surface area contributed by atoms with Crippen molar-refractivity contribution in [3.05, 3.63) is 0 Å². The number of ketones is 1. The minimum atomic E-state index is -1.31. The zero-order chi connectivity index (χ0) is 15.8. The van der Waals surface area contributed by atoms with Gasteiger partial charge in [-0.1, -0.05) is 0 Å². The third-order valence-corrected chi connectivity index (χ3v) is 1.82. The second-order valence-corrected chi connectivity index (χ2v) is 4.94. The number of hydrogen-bond donors (Lipinski definition) is 2. The Morgan fingerprint density at radius 2 is 1.65 bits per heavy atom. The van der Waals surface area contributed by atoms with Gasteiger partial charge in [0.2, 0.25) is 0 Å². The largest absolute Gasteiger partial charge is 0.465 e. The minimum Gasteiger partial charge on any atom is -0.465 e. The monoisotopic (exact) mass is 289 g/mol. The van der Waals surface area contributed by atoms with Crippen LogP contribution in [0, 0.1) is 0 Å². The average molecular weight is 289 g/mol. The topological polar surface area (TPSA) is 119 Å². The van der Waals surface area contributed by atoms with Crippen molar-refractivity contribution in [3.8, 4) is 0 Å². The lowest BCUT2D eigenvalue weighted by atomic mass is 10.2. The van der Waals surface area contributed by atoms with Crippen molar-refractivity contribution < 1.29 is 33.8 Å². The molecule has 0 spiro atoms. The summed E-state index contributed by atoms with van der Waals surface area (Å²) in [5, 5.41) is 10.2. The molecule has 0 saturated carbocycles. The Kier molecular flexibility index (Phi) is 7.27. The highest BCUT2D eigenvalue weighted by atomic mass is 16.6. The van der Waals surface area contributed by atoms with Gasteiger partial charge in [0.1, 0.15) is 5.60 Å². The molecule has 0 aromatic heterocycles. The van der Waals surface area contributed by atoms with Gasteiger partial charge in [0.15, 0.2) is 12.4 Å². The summed E-state index contributed by atoms with van der Waals surface area (Å²) < 4.78 is 9.54. The zero-order valence-corrected chi connectivity index (χ0v) is 11.7. The molecule has 0 aliphatic rings. The number of nitrogens with one attached hydrogen (secondary N) is 1. The van der Waals surface area contributed by atoms with Crippen molar-refractivity contribution in [1.82, 2.24) is 5.32 Å². The standard InChI is InChI=1S/C12H19NO7/c1-12(2,3)20-10(16)7-19-9(15)5-4-8(14)6-13-11(17)18/h13H,4-7H2,1-3H3,(H,17,18). The van der Waals surface area contributed by atoms with Gasteiger partial charge < -0.3 is 19.9 Å². The molecule has 0 atom stereocenters. The molecule has 0 bridgehead atoms. The quantitative estimate of drug-likeness (QED) is 0.654. The number of esters is 2. The molecule has 114 valence electrons. The fraction of sp³-hybridized carbons (Fsp3) is 0.667. The second-order valence-electron chi connectivity index (χ2n) is 4.94. The Balaban J connectivity index is 3.81. The molecule has 2 N–H and O–H groups in total. The van der Waals surface area contributed by atoms with Gasteiger partial charge in [0, 0.05) is 6.42 Å². The number of rotatable bonds is 7. The van der Waals surface area contributed by atoms with E-state index in [2.05, 4.69) is 4.74 Å². The summed E-state index contributed by atoms with van der Waals surface area (Å²) in [5.74, 6) is -1.84. The number of ether oxygens (including phenoxy) is 2. The van der Waals surface area contributed by atoms with Crippen LogP contribution in [0.1, 0.15) is 33.6 Å². The average Bonchev–Trinajstić information content (AvgIpc) is 2.29. The van der Waals surface area contributed by atoms with E-state index in [0.29, 0.717) is 0 Å². The van der Waals surface area contributed by atoms with E-state index >= 15 is 0 Å². The first-order valence-corrected chi connectivity index (χ1v) is 5.96. The minimum absolute atomic E-state index is 0.159. The van der Waals surface area contributed by atoms with Gasteiger partial charge in [-0.05, 0) is 20.8 Å². The maximum absolute atomic E-state index is 11.2. The van der Waals surface area contributed by atoms with Crippen LogP contribution in [-0.4, -0.2) is 47.7 Å². The zero-order valence-electron chi connectivity index (χ0n) is 11.7. The Hall–Kier alpha value is -2.12. The molecule has 0 aromatic carbocycles. The van der Waals surface area contributed by atoms with Crippen LogP contribution in [0.3, 0.4) is 0 Å². The molecule has 0 fully saturated rings. The number of hydrogen-bond acceptors (Lipinski definition) is 6. The molecule has 8 nitrogen and oxygen atoms in total. The first kappa shape index (κ1) is 17.9.